The van der Waals surface area contributed by atoms with Crippen LogP contribution in [-0.4, -0.2) is 5.21 Å². The summed E-state index contributed by atoms with van der Waals surface area (Å²) in [5, 5.41) is 7.89. The van der Waals surface area contributed by atoms with E-state index in [1.54, 1.807) is 0 Å². The van der Waals surface area contributed by atoms with Gasteiger partial charge >= 0.3 is 0 Å². The van der Waals surface area contributed by atoms with Crippen molar-refractivity contribution in [1.82, 2.24) is 0 Å². The first kappa shape index (κ1) is 9.11. The van der Waals surface area contributed by atoms with Gasteiger partial charge in [0.1, 0.15) is 0 Å². The lowest BCUT2D eigenvalue weighted by molar-refractivity contribution is 0.312. The third-order valence-corrected chi connectivity index (χ3v) is 0. The van der Waals surface area contributed by atoms with E-state index in [1.165, 1.54) is 5.34 Å². The average molecular weight is 128 g/mol. The molecular formula is H2BrNO2. The summed E-state index contributed by atoms with van der Waals surface area (Å²) in [6, 6.07) is 0. The highest BCUT2D eigenvalue weighted by atomic mass is 79.9. The third kappa shape index (κ3) is 101. The van der Waals surface area contributed by atoms with Crippen LogP contribution in [0.1, 0.15) is 0 Å². The van der Waals surface area contributed by atoms with Gasteiger partial charge in [0.05, 0.1) is 0 Å². The molecule has 3 nitrogen and oxygen atoms in total. The summed E-state index contributed by atoms with van der Waals surface area (Å²) in [5.41, 5.74) is 0. The van der Waals surface area contributed by atoms with Gasteiger partial charge in [-0.25, -0.2) is 0 Å². The third-order valence-electron chi connectivity index (χ3n) is 0. The lowest BCUT2D eigenvalue weighted by Gasteiger charge is -1.32. The maximum atomic E-state index is 8.11. The summed E-state index contributed by atoms with van der Waals surface area (Å²) >= 11 is 0. The number of nitrogens with zero attached hydrogens (tertiary/aromatic N) is 1. The highest BCUT2D eigenvalue weighted by Crippen LogP contribution is 1.25. The van der Waals surface area contributed by atoms with E-state index in [0.29, 0.717) is 0 Å². The smallest absolute Gasteiger partial charge is 0.152 e. The van der Waals surface area contributed by atoms with E-state index in [4.69, 9.17) is 10.1 Å². The fourth-order valence-corrected chi connectivity index (χ4v) is 0. The van der Waals surface area contributed by atoms with Crippen LogP contribution in [0.2, 0.25) is 0 Å². The highest BCUT2D eigenvalue weighted by Gasteiger charge is 1.18. The van der Waals surface area contributed by atoms with Crippen LogP contribution < -0.4 is 0 Å². The Hall–Kier alpha value is -0.120. The van der Waals surface area contributed by atoms with Gasteiger partial charge in [-0.15, -0.1) is 21.9 Å². The Kier molecular flexibility index (Phi) is 29.9. The van der Waals surface area contributed by atoms with Crippen LogP contribution in [0, 0.1) is 4.91 Å². The molecule has 0 aromatic heterocycles. The van der Waals surface area contributed by atoms with Gasteiger partial charge in [-0.1, -0.05) is 0 Å². The Balaban J connectivity index is 0. The summed E-state index contributed by atoms with van der Waals surface area (Å²) in [4.78, 5) is 8.11. The maximum absolute atomic E-state index is 8.11. The van der Waals surface area contributed by atoms with Crippen LogP contribution in [-0.2, 0) is 0 Å². The van der Waals surface area contributed by atoms with Gasteiger partial charge in [-0.2, -0.15) is 0 Å². The molecule has 0 aliphatic rings. The average Bonchev–Trinajstić information content (AvgIpc) is 0.918. The van der Waals surface area contributed by atoms with Crippen LogP contribution in [0.5, 0.6) is 0 Å². The minimum Gasteiger partial charge on any atom is -0.379 e. The van der Waals surface area contributed by atoms with Gasteiger partial charge in [0.15, 0.2) is 5.34 Å². The quantitative estimate of drug-likeness (QED) is 0.386. The molecule has 0 aliphatic carbocycles. The van der Waals surface area contributed by atoms with E-state index < -0.39 is 0 Å². The predicted molar refractivity (Wildman–Crippen MR) is 17.9 cm³/mol. The standard InChI is InChI=1S/BrH.HNO2/c;2-1-3/h1H;(H,2,3). The molecule has 0 aromatic rings. The Morgan fingerprint density at radius 3 is 1.75 bits per heavy atom. The fraction of sp³-hybridized carbons (Fsp3) is 0. The molecule has 4 heteroatoms. The molecule has 0 spiro atoms. The first-order valence-electron chi connectivity index (χ1n) is 0.383. The lowest BCUT2D eigenvalue weighted by atomic mass is 13.4. The number of hydrogen-bond donors (Lipinski definition) is 1. The summed E-state index contributed by atoms with van der Waals surface area (Å²) in [5.74, 6) is 0. The van der Waals surface area contributed by atoms with Crippen molar-refractivity contribution in [2.24, 2.45) is 5.34 Å². The zero-order chi connectivity index (χ0) is 2.71. The molecule has 0 heterocycles. The van der Waals surface area contributed by atoms with E-state index in [1.807, 2.05) is 0 Å². The molecule has 0 bridgehead atoms. The van der Waals surface area contributed by atoms with Crippen molar-refractivity contribution in [2.75, 3.05) is 0 Å². The second-order valence-corrected chi connectivity index (χ2v) is 0.0816. The molecule has 0 unspecified atom stereocenters. The van der Waals surface area contributed by atoms with Crippen LogP contribution in [0.25, 0.3) is 0 Å². The number of halogens is 1. The molecule has 4 heavy (non-hydrogen) atoms. The zero-order valence-electron chi connectivity index (χ0n) is 1.71. The topological polar surface area (TPSA) is 49.7 Å². The van der Waals surface area contributed by atoms with Crippen molar-refractivity contribution >= 4 is 17.0 Å². The molecule has 0 saturated carbocycles. The monoisotopic (exact) mass is 127 g/mol. The van der Waals surface area contributed by atoms with Crippen LogP contribution >= 0.6 is 17.0 Å². The first-order chi connectivity index (χ1) is 1.41. The summed E-state index contributed by atoms with van der Waals surface area (Å²) in [6.45, 7) is 0. The normalized spacial score (nSPS) is 3.00. The summed E-state index contributed by atoms with van der Waals surface area (Å²) in [7, 11) is 0. The molecule has 0 aromatic carbocycles. The van der Waals surface area contributed by atoms with Crippen molar-refractivity contribution in [2.45, 2.75) is 0 Å². The lowest BCUT2D eigenvalue weighted by Crippen LogP contribution is -1.25. The molecule has 0 atom stereocenters. The van der Waals surface area contributed by atoms with Crippen LogP contribution in [0.15, 0.2) is 5.34 Å². The molecule has 0 rings (SSSR count). The van der Waals surface area contributed by atoms with E-state index in [9.17, 15) is 0 Å². The SMILES string of the molecule is Br.O=NO. The van der Waals surface area contributed by atoms with Crippen LogP contribution in [0.3, 0.4) is 0 Å². The second-order valence-electron chi connectivity index (χ2n) is 0.0816. The zero-order valence-corrected chi connectivity index (χ0v) is 3.42. The Morgan fingerprint density at radius 1 is 1.75 bits per heavy atom. The number of rotatable bonds is 0. The largest absolute Gasteiger partial charge is 0.379 e. The molecule has 0 fully saturated rings. The van der Waals surface area contributed by atoms with Gasteiger partial charge in [-0.05, 0) is 0 Å². The molecule has 0 amide bonds. The summed E-state index contributed by atoms with van der Waals surface area (Å²) < 4.78 is 0. The Bertz CT molecular complexity index is 13.5. The molecule has 0 aliphatic heterocycles. The second kappa shape index (κ2) is 13.1. The molecule has 26 valence electrons. The van der Waals surface area contributed by atoms with E-state index in [-0.39, 0.29) is 17.0 Å². The Morgan fingerprint density at radius 2 is 1.75 bits per heavy atom. The van der Waals surface area contributed by atoms with Crippen molar-refractivity contribution in [3.05, 3.63) is 4.91 Å². The van der Waals surface area contributed by atoms with Gasteiger partial charge < -0.3 is 5.21 Å². The van der Waals surface area contributed by atoms with Crippen LogP contribution in [0.4, 0.5) is 0 Å². The highest BCUT2D eigenvalue weighted by molar-refractivity contribution is 8.93. The van der Waals surface area contributed by atoms with Crippen molar-refractivity contribution < 1.29 is 5.21 Å². The van der Waals surface area contributed by atoms with Gasteiger partial charge in [0.2, 0.25) is 0 Å². The van der Waals surface area contributed by atoms with Gasteiger partial charge in [0, 0.05) is 0 Å². The summed E-state index contributed by atoms with van der Waals surface area (Å²) in [6.07, 6.45) is 0. The van der Waals surface area contributed by atoms with Gasteiger partial charge in [-0.3, -0.25) is 0 Å². The molecular weight excluding hydrogens is 126 g/mol. The van der Waals surface area contributed by atoms with E-state index in [0.717, 1.165) is 0 Å². The Labute approximate surface area is 33.3 Å². The number of hydrogen-bond acceptors (Lipinski definition) is 2. The minimum absolute atomic E-state index is 0. The minimum atomic E-state index is 0. The first-order valence-corrected chi connectivity index (χ1v) is 0.383. The predicted octanol–water partition coefficient (Wildman–Crippen LogP) is 0.720. The van der Waals surface area contributed by atoms with E-state index >= 15 is 0 Å². The van der Waals surface area contributed by atoms with Crippen molar-refractivity contribution in [1.29, 1.82) is 0 Å². The molecule has 0 saturated heterocycles. The maximum Gasteiger partial charge on any atom is 0.152 e. The van der Waals surface area contributed by atoms with Crippen molar-refractivity contribution in [3.63, 3.8) is 0 Å². The fourth-order valence-electron chi connectivity index (χ4n) is 0. The van der Waals surface area contributed by atoms with E-state index in [2.05, 4.69) is 0 Å². The van der Waals surface area contributed by atoms with Gasteiger partial charge in [0.25, 0.3) is 0 Å². The molecule has 0 radical (unpaired) electrons. The molecule has 1 N–H and O–H groups in total. The van der Waals surface area contributed by atoms with Crippen molar-refractivity contribution in [3.8, 4) is 0 Å².